The Morgan fingerprint density at radius 3 is 2.59 bits per heavy atom. The number of aryl methyl sites for hydroxylation is 2. The second kappa shape index (κ2) is 5.23. The number of hydrogen-bond donors (Lipinski definition) is 2. The molecule has 0 radical (unpaired) electrons. The summed E-state index contributed by atoms with van der Waals surface area (Å²) in [6, 6.07) is 2.52. The molecule has 1 saturated carbocycles. The molecular formula is C12H18N4O. The molecule has 0 saturated heterocycles. The molecule has 2 rings (SSSR count). The smallest absolute Gasteiger partial charge is 0.229 e. The average Bonchev–Trinajstić information content (AvgIpc) is 2.99. The number of nitrogens with zero attached hydrogens (tertiary/aromatic N) is 2. The lowest BCUT2D eigenvalue weighted by Gasteiger charge is -2.06. The van der Waals surface area contributed by atoms with Crippen molar-refractivity contribution in [1.82, 2.24) is 15.3 Å². The minimum atomic E-state index is -0.0387. The summed E-state index contributed by atoms with van der Waals surface area (Å²) >= 11 is 0. The molecule has 5 heteroatoms. The molecule has 0 aliphatic heterocycles. The molecule has 1 fully saturated rings. The largest absolute Gasteiger partial charge is 0.313 e. The van der Waals surface area contributed by atoms with Crippen LogP contribution in [-0.4, -0.2) is 28.5 Å². The summed E-state index contributed by atoms with van der Waals surface area (Å²) in [5, 5.41) is 6.01. The molecule has 0 aromatic carbocycles. The highest BCUT2D eigenvalue weighted by molar-refractivity contribution is 5.89. The monoisotopic (exact) mass is 234 g/mol. The summed E-state index contributed by atoms with van der Waals surface area (Å²) in [5.74, 6) is 0.363. The molecule has 0 spiro atoms. The molecule has 0 unspecified atom stereocenters. The van der Waals surface area contributed by atoms with Crippen LogP contribution in [0.15, 0.2) is 6.07 Å². The Labute approximate surface area is 101 Å². The van der Waals surface area contributed by atoms with Crippen molar-refractivity contribution in [2.45, 2.75) is 39.2 Å². The van der Waals surface area contributed by atoms with Crippen LogP contribution in [0, 0.1) is 13.8 Å². The topological polar surface area (TPSA) is 66.9 Å². The first-order valence-electron chi connectivity index (χ1n) is 5.99. The van der Waals surface area contributed by atoms with Gasteiger partial charge in [-0.05, 0) is 32.8 Å². The highest BCUT2D eigenvalue weighted by atomic mass is 16.1. The van der Waals surface area contributed by atoms with Gasteiger partial charge in [-0.15, -0.1) is 0 Å². The number of carbonyl (C=O) groups excluding carboxylic acids is 1. The molecular weight excluding hydrogens is 216 g/mol. The fourth-order valence-electron chi connectivity index (χ4n) is 1.65. The van der Waals surface area contributed by atoms with Crippen molar-refractivity contribution in [3.05, 3.63) is 17.5 Å². The maximum absolute atomic E-state index is 11.6. The van der Waals surface area contributed by atoms with Crippen LogP contribution in [0.4, 0.5) is 5.95 Å². The first-order valence-corrected chi connectivity index (χ1v) is 5.99. The Morgan fingerprint density at radius 1 is 1.35 bits per heavy atom. The third-order valence-corrected chi connectivity index (χ3v) is 2.60. The van der Waals surface area contributed by atoms with Gasteiger partial charge in [0, 0.05) is 30.4 Å². The molecule has 2 N–H and O–H groups in total. The van der Waals surface area contributed by atoms with Crippen molar-refractivity contribution < 1.29 is 4.79 Å². The van der Waals surface area contributed by atoms with Crippen molar-refractivity contribution in [3.8, 4) is 0 Å². The van der Waals surface area contributed by atoms with Crippen LogP contribution in [0.5, 0.6) is 0 Å². The lowest BCUT2D eigenvalue weighted by atomic mass is 10.3. The van der Waals surface area contributed by atoms with Crippen molar-refractivity contribution in [2.24, 2.45) is 0 Å². The lowest BCUT2D eigenvalue weighted by Crippen LogP contribution is -2.24. The summed E-state index contributed by atoms with van der Waals surface area (Å²) in [6.45, 7) is 4.50. The van der Waals surface area contributed by atoms with Crippen LogP contribution in [0.25, 0.3) is 0 Å². The van der Waals surface area contributed by atoms with E-state index in [-0.39, 0.29) is 5.91 Å². The second-order valence-electron chi connectivity index (χ2n) is 4.50. The highest BCUT2D eigenvalue weighted by Gasteiger charge is 2.20. The zero-order valence-corrected chi connectivity index (χ0v) is 10.3. The van der Waals surface area contributed by atoms with Gasteiger partial charge in [-0.1, -0.05) is 0 Å². The summed E-state index contributed by atoms with van der Waals surface area (Å²) in [7, 11) is 0. The Kier molecular flexibility index (Phi) is 3.68. The molecule has 1 aromatic rings. The third kappa shape index (κ3) is 4.11. The minimum Gasteiger partial charge on any atom is -0.313 e. The van der Waals surface area contributed by atoms with Gasteiger partial charge in [0.15, 0.2) is 0 Å². The SMILES string of the molecule is Cc1cc(C)nc(NC(=O)CCNC2CC2)n1. The Hall–Kier alpha value is -1.49. The normalized spacial score (nSPS) is 14.7. The average molecular weight is 234 g/mol. The fourth-order valence-corrected chi connectivity index (χ4v) is 1.65. The number of nitrogens with one attached hydrogen (secondary N) is 2. The fraction of sp³-hybridized carbons (Fsp3) is 0.583. The maximum Gasteiger partial charge on any atom is 0.229 e. The number of carbonyl (C=O) groups is 1. The van der Waals surface area contributed by atoms with Crippen LogP contribution < -0.4 is 10.6 Å². The number of aromatic nitrogens is 2. The Morgan fingerprint density at radius 2 is 2.00 bits per heavy atom. The van der Waals surface area contributed by atoms with Gasteiger partial charge in [0.05, 0.1) is 0 Å². The van der Waals surface area contributed by atoms with Gasteiger partial charge in [-0.2, -0.15) is 0 Å². The van der Waals surface area contributed by atoms with E-state index >= 15 is 0 Å². The quantitative estimate of drug-likeness (QED) is 0.802. The first-order chi connectivity index (χ1) is 8.13. The van der Waals surface area contributed by atoms with Crippen LogP contribution >= 0.6 is 0 Å². The van der Waals surface area contributed by atoms with Crippen LogP contribution in [0.2, 0.25) is 0 Å². The summed E-state index contributed by atoms with van der Waals surface area (Å²) in [5.41, 5.74) is 1.73. The molecule has 1 aromatic heterocycles. The Balaban J connectivity index is 1.79. The van der Waals surface area contributed by atoms with Gasteiger partial charge >= 0.3 is 0 Å². The van der Waals surface area contributed by atoms with Crippen LogP contribution in [0.1, 0.15) is 30.7 Å². The second-order valence-corrected chi connectivity index (χ2v) is 4.50. The van der Waals surface area contributed by atoms with Crippen molar-refractivity contribution >= 4 is 11.9 Å². The summed E-state index contributed by atoms with van der Waals surface area (Å²) < 4.78 is 0. The number of amides is 1. The zero-order chi connectivity index (χ0) is 12.3. The van der Waals surface area contributed by atoms with Crippen LogP contribution in [0.3, 0.4) is 0 Å². The number of rotatable bonds is 5. The molecule has 17 heavy (non-hydrogen) atoms. The van der Waals surface area contributed by atoms with E-state index in [2.05, 4.69) is 20.6 Å². The van der Waals surface area contributed by atoms with Crippen molar-refractivity contribution in [1.29, 1.82) is 0 Å². The van der Waals surface area contributed by atoms with E-state index in [1.165, 1.54) is 12.8 Å². The summed E-state index contributed by atoms with van der Waals surface area (Å²) in [6.07, 6.45) is 2.94. The molecule has 0 bridgehead atoms. The van der Waals surface area contributed by atoms with E-state index in [1.807, 2.05) is 19.9 Å². The molecule has 5 nitrogen and oxygen atoms in total. The van der Waals surface area contributed by atoms with Gasteiger partial charge in [0.25, 0.3) is 0 Å². The van der Waals surface area contributed by atoms with Crippen molar-refractivity contribution in [3.63, 3.8) is 0 Å². The van der Waals surface area contributed by atoms with Gasteiger partial charge in [0.2, 0.25) is 11.9 Å². The highest BCUT2D eigenvalue weighted by Crippen LogP contribution is 2.18. The predicted octanol–water partition coefficient (Wildman–Crippen LogP) is 1.17. The van der Waals surface area contributed by atoms with E-state index in [0.29, 0.717) is 18.4 Å². The van der Waals surface area contributed by atoms with E-state index in [9.17, 15) is 4.79 Å². The molecule has 0 atom stereocenters. The van der Waals surface area contributed by atoms with Gasteiger partial charge in [0.1, 0.15) is 0 Å². The van der Waals surface area contributed by atoms with E-state index < -0.39 is 0 Å². The van der Waals surface area contributed by atoms with Gasteiger partial charge < -0.3 is 5.32 Å². The van der Waals surface area contributed by atoms with E-state index in [0.717, 1.165) is 17.9 Å². The molecule has 1 heterocycles. The standard InChI is InChI=1S/C12H18N4O/c1-8-7-9(2)15-12(14-8)16-11(17)5-6-13-10-3-4-10/h7,10,13H,3-6H2,1-2H3,(H,14,15,16,17). The van der Waals surface area contributed by atoms with Crippen LogP contribution in [-0.2, 0) is 4.79 Å². The molecule has 1 aliphatic rings. The van der Waals surface area contributed by atoms with Crippen molar-refractivity contribution in [2.75, 3.05) is 11.9 Å². The lowest BCUT2D eigenvalue weighted by molar-refractivity contribution is -0.116. The molecule has 1 amide bonds. The Bertz CT molecular complexity index is 395. The minimum absolute atomic E-state index is 0.0387. The number of hydrogen-bond acceptors (Lipinski definition) is 4. The zero-order valence-electron chi connectivity index (χ0n) is 10.3. The van der Waals surface area contributed by atoms with Gasteiger partial charge in [-0.3, -0.25) is 10.1 Å². The maximum atomic E-state index is 11.6. The first kappa shape index (κ1) is 12.0. The summed E-state index contributed by atoms with van der Waals surface area (Å²) in [4.78, 5) is 19.9. The molecule has 92 valence electrons. The predicted molar refractivity (Wildman–Crippen MR) is 65.8 cm³/mol. The van der Waals surface area contributed by atoms with Gasteiger partial charge in [-0.25, -0.2) is 9.97 Å². The van der Waals surface area contributed by atoms with E-state index in [4.69, 9.17) is 0 Å². The molecule has 1 aliphatic carbocycles. The third-order valence-electron chi connectivity index (χ3n) is 2.60. The van der Waals surface area contributed by atoms with E-state index in [1.54, 1.807) is 0 Å². The number of anilines is 1.